The van der Waals surface area contributed by atoms with E-state index in [1.807, 2.05) is 0 Å². The molecule has 0 aromatic heterocycles. The second-order valence-corrected chi connectivity index (χ2v) is 15.4. The lowest BCUT2D eigenvalue weighted by Crippen LogP contribution is -2.43. The molecule has 0 rings (SSSR count). The third-order valence-electron chi connectivity index (χ3n) is 6.49. The van der Waals surface area contributed by atoms with E-state index in [0.717, 1.165) is 51.4 Å². The quantitative estimate of drug-likeness (QED) is 0.125. The van der Waals surface area contributed by atoms with Crippen LogP contribution in [-0.4, -0.2) is 14.0 Å². The monoisotopic (exact) mass is 434 g/mol. The molecule has 0 spiro atoms. The largest absolute Gasteiger partial charge is 0.417 e. The highest BCUT2D eigenvalue weighted by atomic mass is 28.3. The van der Waals surface area contributed by atoms with Crippen molar-refractivity contribution in [2.75, 3.05) is 0 Å². The summed E-state index contributed by atoms with van der Waals surface area (Å²) in [6.45, 7) is 22.6. The van der Waals surface area contributed by atoms with Gasteiger partial charge in [-0.2, -0.15) is 0 Å². The minimum Gasteiger partial charge on any atom is -0.417 e. The van der Waals surface area contributed by atoms with Crippen molar-refractivity contribution < 1.29 is 9.53 Å². The van der Waals surface area contributed by atoms with E-state index in [4.69, 9.17) is 4.74 Å². The molecule has 0 aliphatic rings. The Morgan fingerprint density at radius 3 is 1.53 bits per heavy atom. The first kappa shape index (κ1) is 29.0. The molecule has 30 heavy (non-hydrogen) atoms. The van der Waals surface area contributed by atoms with Crippen molar-refractivity contribution >= 4 is 14.0 Å². The average molecular weight is 435 g/mol. The minimum atomic E-state index is -1.88. The zero-order valence-electron chi connectivity index (χ0n) is 21.8. The fourth-order valence-electron chi connectivity index (χ4n) is 5.00. The molecule has 0 aliphatic carbocycles. The van der Waals surface area contributed by atoms with Crippen LogP contribution in [0.3, 0.4) is 0 Å². The van der Waals surface area contributed by atoms with Crippen molar-refractivity contribution in [3.8, 4) is 11.5 Å². The predicted octanol–water partition coefficient (Wildman–Crippen LogP) is 8.82. The molecule has 0 saturated heterocycles. The van der Waals surface area contributed by atoms with Gasteiger partial charge in [-0.25, -0.2) is 0 Å². The van der Waals surface area contributed by atoms with Gasteiger partial charge in [0.05, 0.1) is 5.92 Å². The highest BCUT2D eigenvalue weighted by molar-refractivity contribution is 6.90. The summed E-state index contributed by atoms with van der Waals surface area (Å²) < 4.78 is 6.11. The second kappa shape index (κ2) is 14.9. The first-order valence-corrected chi connectivity index (χ1v) is 14.8. The number of carbonyl (C=O) groups is 1. The molecule has 0 aromatic carbocycles. The third kappa shape index (κ3) is 8.25. The molecule has 0 saturated carbocycles. The summed E-state index contributed by atoms with van der Waals surface area (Å²) in [5, 5.41) is 0. The van der Waals surface area contributed by atoms with Crippen LogP contribution in [0.15, 0.2) is 11.3 Å². The maximum Gasteiger partial charge on any atom is 0.314 e. The molecule has 174 valence electrons. The topological polar surface area (TPSA) is 26.3 Å². The Kier molecular flexibility index (Phi) is 14.4. The lowest BCUT2D eigenvalue weighted by atomic mass is 9.98. The van der Waals surface area contributed by atoms with E-state index in [-0.39, 0.29) is 11.9 Å². The van der Waals surface area contributed by atoms with Crippen molar-refractivity contribution in [1.82, 2.24) is 0 Å². The van der Waals surface area contributed by atoms with Crippen molar-refractivity contribution in [1.29, 1.82) is 0 Å². The molecule has 0 atom stereocenters. The molecule has 0 radical (unpaired) electrons. The molecule has 0 amide bonds. The first-order chi connectivity index (χ1) is 14.1. The Morgan fingerprint density at radius 2 is 1.20 bits per heavy atom. The third-order valence-corrected chi connectivity index (χ3v) is 12.8. The fraction of sp³-hybridized carbons (Fsp3) is 0.815. The van der Waals surface area contributed by atoms with Gasteiger partial charge in [-0.05, 0) is 53.8 Å². The number of rotatable bonds is 13. The molecule has 0 heterocycles. The van der Waals surface area contributed by atoms with Crippen LogP contribution in [0.5, 0.6) is 0 Å². The number of hydrogen-bond donors (Lipinski definition) is 0. The highest BCUT2D eigenvalue weighted by Gasteiger charge is 2.41. The molecule has 0 aliphatic heterocycles. The normalized spacial score (nSPS) is 11.8. The Labute approximate surface area is 189 Å². The van der Waals surface area contributed by atoms with E-state index < -0.39 is 8.07 Å². The molecular formula is C27H50O2Si. The van der Waals surface area contributed by atoms with Gasteiger partial charge in [0, 0.05) is 0 Å². The number of esters is 1. The summed E-state index contributed by atoms with van der Waals surface area (Å²) in [7, 11) is -1.88. The highest BCUT2D eigenvalue weighted by Crippen LogP contribution is 2.41. The maximum atomic E-state index is 13.1. The number of allylic oxidation sites excluding steroid dienone is 2. The van der Waals surface area contributed by atoms with E-state index >= 15 is 0 Å². The summed E-state index contributed by atoms with van der Waals surface area (Å²) >= 11 is 0. The van der Waals surface area contributed by atoms with Gasteiger partial charge in [0.1, 0.15) is 8.07 Å². The van der Waals surface area contributed by atoms with Crippen LogP contribution in [-0.2, 0) is 9.53 Å². The van der Waals surface area contributed by atoms with E-state index in [1.54, 1.807) is 0 Å². The SMILES string of the molecule is CCCC(CCC)=C(C#C[Si](C(C)C)(C(C)C)C(C)C)OC(=O)C(CCC)CCC. The number of carbonyl (C=O) groups excluding carboxylic acids is 1. The summed E-state index contributed by atoms with van der Waals surface area (Å²) in [6, 6.07) is 0. The summed E-state index contributed by atoms with van der Waals surface area (Å²) in [4.78, 5) is 13.1. The van der Waals surface area contributed by atoms with Crippen molar-refractivity contribution in [3.05, 3.63) is 11.3 Å². The zero-order chi connectivity index (χ0) is 23.3. The van der Waals surface area contributed by atoms with Gasteiger partial charge in [0.2, 0.25) is 0 Å². The van der Waals surface area contributed by atoms with E-state index in [9.17, 15) is 4.79 Å². The van der Waals surface area contributed by atoms with Gasteiger partial charge in [-0.1, -0.05) is 94.9 Å². The van der Waals surface area contributed by atoms with Crippen LogP contribution in [0.1, 0.15) is 121 Å². The molecule has 0 unspecified atom stereocenters. The van der Waals surface area contributed by atoms with Crippen molar-refractivity contribution in [2.45, 2.75) is 137 Å². The van der Waals surface area contributed by atoms with E-state index in [2.05, 4.69) is 80.7 Å². The van der Waals surface area contributed by atoms with E-state index in [1.165, 1.54) is 5.57 Å². The van der Waals surface area contributed by atoms with Gasteiger partial charge in [-0.15, -0.1) is 5.54 Å². The Bertz CT molecular complexity index is 554. The molecule has 0 N–H and O–H groups in total. The lowest BCUT2D eigenvalue weighted by Gasteiger charge is -2.38. The van der Waals surface area contributed by atoms with Crippen LogP contribution in [0, 0.1) is 17.4 Å². The zero-order valence-corrected chi connectivity index (χ0v) is 22.8. The molecule has 0 bridgehead atoms. The van der Waals surface area contributed by atoms with Gasteiger partial charge in [0.25, 0.3) is 0 Å². The Balaban J connectivity index is 6.33. The van der Waals surface area contributed by atoms with Gasteiger partial charge >= 0.3 is 5.97 Å². The number of hydrogen-bond acceptors (Lipinski definition) is 2. The standard InChI is InChI=1S/C27H50O2Si/c1-11-15-24(16-12-2)26(29-27(28)25(17-13-3)18-14-4)19-20-30(21(5)6,22(7)8)23(9)10/h21-23,25H,11-18H2,1-10H3. The van der Waals surface area contributed by atoms with Crippen LogP contribution in [0.25, 0.3) is 0 Å². The molecule has 2 nitrogen and oxygen atoms in total. The van der Waals surface area contributed by atoms with Gasteiger partial charge in [-0.3, -0.25) is 4.79 Å². The minimum absolute atomic E-state index is 0.0106. The van der Waals surface area contributed by atoms with Crippen LogP contribution in [0.4, 0.5) is 0 Å². The summed E-state index contributed by atoms with van der Waals surface area (Å²) in [5.74, 6) is 4.09. The number of ether oxygens (including phenoxy) is 1. The molecular weight excluding hydrogens is 384 g/mol. The van der Waals surface area contributed by atoms with Crippen molar-refractivity contribution in [2.24, 2.45) is 5.92 Å². The Morgan fingerprint density at radius 1 is 0.767 bits per heavy atom. The predicted molar refractivity (Wildman–Crippen MR) is 135 cm³/mol. The Hall–Kier alpha value is -1.01. The maximum absolute atomic E-state index is 13.1. The van der Waals surface area contributed by atoms with Gasteiger partial charge < -0.3 is 4.74 Å². The van der Waals surface area contributed by atoms with Crippen LogP contribution < -0.4 is 0 Å². The second-order valence-electron chi connectivity index (χ2n) is 9.78. The average Bonchev–Trinajstić information content (AvgIpc) is 2.66. The fourth-order valence-corrected chi connectivity index (χ4v) is 10.2. The summed E-state index contributed by atoms with van der Waals surface area (Å²) in [6.07, 6.45) is 7.81. The van der Waals surface area contributed by atoms with Crippen LogP contribution >= 0.6 is 0 Å². The molecule has 0 fully saturated rings. The van der Waals surface area contributed by atoms with Gasteiger partial charge in [0.15, 0.2) is 5.76 Å². The first-order valence-electron chi connectivity index (χ1n) is 12.6. The van der Waals surface area contributed by atoms with Crippen molar-refractivity contribution in [3.63, 3.8) is 0 Å². The molecule has 3 heteroatoms. The molecule has 0 aromatic rings. The summed E-state index contributed by atoms with van der Waals surface area (Å²) in [5.41, 5.74) is 6.72. The lowest BCUT2D eigenvalue weighted by molar-refractivity contribution is -0.144. The van der Waals surface area contributed by atoms with Crippen LogP contribution in [0.2, 0.25) is 16.6 Å². The van der Waals surface area contributed by atoms with E-state index in [0.29, 0.717) is 22.4 Å². The smallest absolute Gasteiger partial charge is 0.314 e.